The molecule has 0 aliphatic rings. The van der Waals surface area contributed by atoms with Gasteiger partial charge in [0.05, 0.1) is 0 Å². The molecule has 6 heteroatoms. The van der Waals surface area contributed by atoms with Crippen molar-refractivity contribution in [2.75, 3.05) is 10.6 Å². The Morgan fingerprint density at radius 1 is 0.955 bits per heavy atom. The average Bonchev–Trinajstić information content (AvgIpc) is 2.45. The molecule has 0 spiro atoms. The minimum absolute atomic E-state index is 0.547. The van der Waals surface area contributed by atoms with E-state index in [4.69, 9.17) is 11.6 Å². The van der Waals surface area contributed by atoms with Crippen molar-refractivity contribution in [3.8, 4) is 0 Å². The molecular formula is C16H14BrClN2O2. The zero-order valence-corrected chi connectivity index (χ0v) is 14.4. The van der Waals surface area contributed by atoms with Crippen molar-refractivity contribution in [2.45, 2.75) is 13.8 Å². The fraction of sp³-hybridized carbons (Fsp3) is 0.125. The molecule has 2 rings (SSSR count). The monoisotopic (exact) mass is 380 g/mol. The Morgan fingerprint density at radius 3 is 2.27 bits per heavy atom. The van der Waals surface area contributed by atoms with Crippen LogP contribution in [0.2, 0.25) is 5.02 Å². The molecule has 2 N–H and O–H groups in total. The fourth-order valence-corrected chi connectivity index (χ4v) is 2.41. The maximum Gasteiger partial charge on any atom is 0.314 e. The van der Waals surface area contributed by atoms with E-state index in [1.807, 2.05) is 13.0 Å². The molecular weight excluding hydrogens is 368 g/mol. The van der Waals surface area contributed by atoms with Gasteiger partial charge in [0, 0.05) is 20.9 Å². The minimum Gasteiger partial charge on any atom is -0.318 e. The molecule has 2 amide bonds. The summed E-state index contributed by atoms with van der Waals surface area (Å²) in [6, 6.07) is 10.4. The van der Waals surface area contributed by atoms with E-state index >= 15 is 0 Å². The summed E-state index contributed by atoms with van der Waals surface area (Å²) < 4.78 is 0.860. The number of amides is 2. The Morgan fingerprint density at radius 2 is 1.64 bits per heavy atom. The summed E-state index contributed by atoms with van der Waals surface area (Å²) in [5, 5.41) is 5.69. The first-order valence-corrected chi connectivity index (χ1v) is 7.68. The molecule has 0 saturated heterocycles. The highest BCUT2D eigenvalue weighted by molar-refractivity contribution is 9.10. The van der Waals surface area contributed by atoms with Crippen LogP contribution in [-0.2, 0) is 9.59 Å². The van der Waals surface area contributed by atoms with Gasteiger partial charge < -0.3 is 10.6 Å². The lowest BCUT2D eigenvalue weighted by molar-refractivity contribution is -0.133. The van der Waals surface area contributed by atoms with E-state index in [2.05, 4.69) is 26.6 Å². The van der Waals surface area contributed by atoms with E-state index in [0.29, 0.717) is 16.4 Å². The number of nitrogens with one attached hydrogen (secondary N) is 2. The second-order valence-electron chi connectivity index (χ2n) is 4.83. The van der Waals surface area contributed by atoms with Gasteiger partial charge >= 0.3 is 11.8 Å². The summed E-state index contributed by atoms with van der Waals surface area (Å²) in [5.41, 5.74) is 2.92. The average molecular weight is 382 g/mol. The van der Waals surface area contributed by atoms with E-state index in [0.717, 1.165) is 15.6 Å². The van der Waals surface area contributed by atoms with Crippen molar-refractivity contribution in [3.63, 3.8) is 0 Å². The van der Waals surface area contributed by atoms with Crippen molar-refractivity contribution < 1.29 is 9.59 Å². The van der Waals surface area contributed by atoms with E-state index in [-0.39, 0.29) is 0 Å². The van der Waals surface area contributed by atoms with E-state index < -0.39 is 11.8 Å². The summed E-state index contributed by atoms with van der Waals surface area (Å²) in [6.45, 7) is 3.74. The van der Waals surface area contributed by atoms with Gasteiger partial charge in [-0.15, -0.1) is 0 Å². The number of aryl methyl sites for hydroxylation is 2. The largest absolute Gasteiger partial charge is 0.318 e. The van der Waals surface area contributed by atoms with Crippen LogP contribution in [0.25, 0.3) is 0 Å². The third-order valence-electron chi connectivity index (χ3n) is 3.07. The van der Waals surface area contributed by atoms with Crippen LogP contribution < -0.4 is 10.6 Å². The standard InChI is InChI=1S/C16H14BrClN2O2/c1-9-3-5-12(8-13(9)17)19-15(21)16(22)20-14-6-4-11(18)7-10(14)2/h3-8H,1-2H3,(H,19,21)(H,20,22). The first-order valence-electron chi connectivity index (χ1n) is 6.51. The molecule has 0 aliphatic carbocycles. The summed E-state index contributed by atoms with van der Waals surface area (Å²) >= 11 is 9.23. The lowest BCUT2D eigenvalue weighted by Gasteiger charge is -2.09. The number of carbonyl (C=O) groups is 2. The number of anilines is 2. The lowest BCUT2D eigenvalue weighted by Crippen LogP contribution is -2.29. The van der Waals surface area contributed by atoms with E-state index in [9.17, 15) is 9.59 Å². The number of halogens is 2. The molecule has 0 bridgehead atoms. The second kappa shape index (κ2) is 6.94. The molecule has 2 aromatic rings. The molecule has 0 atom stereocenters. The number of carbonyl (C=O) groups excluding carboxylic acids is 2. The molecule has 0 unspecified atom stereocenters. The van der Waals surface area contributed by atoms with Crippen LogP contribution >= 0.6 is 27.5 Å². The van der Waals surface area contributed by atoms with Crippen molar-refractivity contribution in [3.05, 3.63) is 57.0 Å². The van der Waals surface area contributed by atoms with Crippen LogP contribution in [0.4, 0.5) is 11.4 Å². The molecule has 4 nitrogen and oxygen atoms in total. The van der Waals surface area contributed by atoms with Crippen molar-refractivity contribution in [1.29, 1.82) is 0 Å². The smallest absolute Gasteiger partial charge is 0.314 e. The Bertz CT molecular complexity index is 747. The predicted molar refractivity (Wildman–Crippen MR) is 92.3 cm³/mol. The van der Waals surface area contributed by atoms with Gasteiger partial charge in [-0.3, -0.25) is 9.59 Å². The minimum atomic E-state index is -0.734. The van der Waals surface area contributed by atoms with Crippen molar-refractivity contribution >= 4 is 50.7 Å². The highest BCUT2D eigenvalue weighted by Gasteiger charge is 2.15. The van der Waals surface area contributed by atoms with Crippen LogP contribution in [0.15, 0.2) is 40.9 Å². The molecule has 114 valence electrons. The van der Waals surface area contributed by atoms with Crippen LogP contribution in [0.5, 0.6) is 0 Å². The maximum atomic E-state index is 11.9. The topological polar surface area (TPSA) is 58.2 Å². The number of hydrogen-bond donors (Lipinski definition) is 2. The SMILES string of the molecule is Cc1ccc(NC(=O)C(=O)Nc2ccc(Cl)cc2C)cc1Br. The maximum absolute atomic E-state index is 11.9. The van der Waals surface area contributed by atoms with E-state index in [1.54, 1.807) is 37.3 Å². The Balaban J connectivity index is 2.05. The zero-order chi connectivity index (χ0) is 16.3. The van der Waals surface area contributed by atoms with Gasteiger partial charge in [0.2, 0.25) is 0 Å². The Labute approximate surface area is 142 Å². The third-order valence-corrected chi connectivity index (χ3v) is 4.16. The molecule has 0 aromatic heterocycles. The lowest BCUT2D eigenvalue weighted by atomic mass is 10.2. The van der Waals surface area contributed by atoms with Gasteiger partial charge in [-0.05, 0) is 55.3 Å². The molecule has 0 aliphatic heterocycles. The first kappa shape index (κ1) is 16.5. The molecule has 22 heavy (non-hydrogen) atoms. The van der Waals surface area contributed by atoms with Gasteiger partial charge in [0.25, 0.3) is 0 Å². The van der Waals surface area contributed by atoms with Gasteiger partial charge in [-0.1, -0.05) is 33.6 Å². The third kappa shape index (κ3) is 4.08. The molecule has 0 radical (unpaired) electrons. The predicted octanol–water partition coefficient (Wildman–Crippen LogP) is 4.30. The van der Waals surface area contributed by atoms with Gasteiger partial charge in [0.15, 0.2) is 0 Å². The number of benzene rings is 2. The molecule has 0 saturated carbocycles. The number of rotatable bonds is 2. The molecule has 0 heterocycles. The normalized spacial score (nSPS) is 10.2. The Kier molecular flexibility index (Phi) is 5.21. The zero-order valence-electron chi connectivity index (χ0n) is 12.0. The first-order chi connectivity index (χ1) is 10.4. The van der Waals surface area contributed by atoms with Crippen LogP contribution in [0.1, 0.15) is 11.1 Å². The van der Waals surface area contributed by atoms with Gasteiger partial charge in [-0.25, -0.2) is 0 Å². The summed E-state index contributed by atoms with van der Waals surface area (Å²) in [4.78, 5) is 23.9. The van der Waals surface area contributed by atoms with E-state index in [1.165, 1.54) is 0 Å². The Hall–Kier alpha value is -1.85. The summed E-state index contributed by atoms with van der Waals surface area (Å²) in [6.07, 6.45) is 0. The summed E-state index contributed by atoms with van der Waals surface area (Å²) in [5.74, 6) is -1.47. The highest BCUT2D eigenvalue weighted by Crippen LogP contribution is 2.21. The van der Waals surface area contributed by atoms with Crippen molar-refractivity contribution in [2.24, 2.45) is 0 Å². The van der Waals surface area contributed by atoms with Gasteiger partial charge in [-0.2, -0.15) is 0 Å². The van der Waals surface area contributed by atoms with Crippen molar-refractivity contribution in [1.82, 2.24) is 0 Å². The van der Waals surface area contributed by atoms with Crippen LogP contribution in [0.3, 0.4) is 0 Å². The molecule has 0 fully saturated rings. The molecule has 2 aromatic carbocycles. The highest BCUT2D eigenvalue weighted by atomic mass is 79.9. The number of hydrogen-bond acceptors (Lipinski definition) is 2. The van der Waals surface area contributed by atoms with Crippen LogP contribution in [0, 0.1) is 13.8 Å². The fourth-order valence-electron chi connectivity index (χ4n) is 1.80. The second-order valence-corrected chi connectivity index (χ2v) is 6.12. The summed E-state index contributed by atoms with van der Waals surface area (Å²) in [7, 11) is 0. The van der Waals surface area contributed by atoms with Crippen LogP contribution in [-0.4, -0.2) is 11.8 Å². The van der Waals surface area contributed by atoms with Gasteiger partial charge in [0.1, 0.15) is 0 Å². The quantitative estimate of drug-likeness (QED) is 0.762.